The molecule has 0 saturated carbocycles. The van der Waals surface area contributed by atoms with Gasteiger partial charge in [-0.1, -0.05) is 30.3 Å². The Morgan fingerprint density at radius 1 is 1.29 bits per heavy atom. The van der Waals surface area contributed by atoms with E-state index in [1.54, 1.807) is 0 Å². The minimum atomic E-state index is 0.797. The maximum Gasteiger partial charge on any atom is 0.140 e. The Morgan fingerprint density at radius 2 is 1.93 bits per heavy atom. The third-order valence-corrected chi connectivity index (χ3v) is 2.64. The highest BCUT2D eigenvalue weighted by Gasteiger charge is 2.17. The van der Waals surface area contributed by atoms with Gasteiger partial charge in [-0.15, -0.1) is 6.42 Å². The van der Waals surface area contributed by atoms with Crippen molar-refractivity contribution in [3.05, 3.63) is 35.9 Å². The van der Waals surface area contributed by atoms with Crippen LogP contribution >= 0.6 is 0 Å². The SMILES string of the molecule is C#CC[N+](C)(CC)Cc1ccccc1. The van der Waals surface area contributed by atoms with Gasteiger partial charge in [-0.2, -0.15) is 0 Å². The largest absolute Gasteiger partial charge is 0.312 e. The van der Waals surface area contributed by atoms with Crippen molar-refractivity contribution in [2.24, 2.45) is 0 Å². The highest BCUT2D eigenvalue weighted by atomic mass is 15.3. The van der Waals surface area contributed by atoms with Gasteiger partial charge in [0.15, 0.2) is 0 Å². The zero-order valence-electron chi connectivity index (χ0n) is 9.03. The summed E-state index contributed by atoms with van der Waals surface area (Å²) in [4.78, 5) is 0. The molecular weight excluding hydrogens is 170 g/mol. The summed E-state index contributed by atoms with van der Waals surface area (Å²) in [5, 5.41) is 0. The molecule has 0 aliphatic heterocycles. The molecule has 1 rings (SSSR count). The molecule has 0 N–H and O–H groups in total. The van der Waals surface area contributed by atoms with Gasteiger partial charge in [0.1, 0.15) is 13.1 Å². The molecule has 1 atom stereocenters. The van der Waals surface area contributed by atoms with Gasteiger partial charge in [0.2, 0.25) is 0 Å². The van der Waals surface area contributed by atoms with E-state index in [9.17, 15) is 0 Å². The first kappa shape index (κ1) is 10.8. The monoisotopic (exact) mass is 188 g/mol. The first-order chi connectivity index (χ1) is 6.70. The van der Waals surface area contributed by atoms with E-state index in [0.717, 1.165) is 24.1 Å². The van der Waals surface area contributed by atoms with E-state index in [2.05, 4.69) is 44.2 Å². The lowest BCUT2D eigenvalue weighted by Gasteiger charge is -2.31. The molecule has 0 aliphatic rings. The average molecular weight is 188 g/mol. The van der Waals surface area contributed by atoms with Crippen molar-refractivity contribution in [3.63, 3.8) is 0 Å². The summed E-state index contributed by atoms with van der Waals surface area (Å²) < 4.78 is 0.917. The van der Waals surface area contributed by atoms with Crippen molar-refractivity contribution in [3.8, 4) is 12.3 Å². The molecule has 1 heteroatoms. The molecule has 0 aromatic heterocycles. The van der Waals surface area contributed by atoms with Crippen LogP contribution in [0.4, 0.5) is 0 Å². The third-order valence-electron chi connectivity index (χ3n) is 2.64. The Bertz CT molecular complexity index is 310. The number of hydrogen-bond donors (Lipinski definition) is 0. The molecule has 1 aromatic rings. The molecule has 74 valence electrons. The lowest BCUT2D eigenvalue weighted by Crippen LogP contribution is -2.43. The van der Waals surface area contributed by atoms with Gasteiger partial charge in [-0.3, -0.25) is 0 Å². The van der Waals surface area contributed by atoms with Crippen LogP contribution in [0.5, 0.6) is 0 Å². The van der Waals surface area contributed by atoms with Crippen LogP contribution in [0.3, 0.4) is 0 Å². The van der Waals surface area contributed by atoms with Crippen LogP contribution in [0.1, 0.15) is 12.5 Å². The molecule has 0 heterocycles. The smallest absolute Gasteiger partial charge is 0.140 e. The summed E-state index contributed by atoms with van der Waals surface area (Å²) in [5.74, 6) is 2.75. The normalized spacial score (nSPS) is 14.4. The second kappa shape index (κ2) is 4.83. The zero-order valence-corrected chi connectivity index (χ0v) is 9.03. The van der Waals surface area contributed by atoms with Crippen LogP contribution in [-0.4, -0.2) is 24.6 Å². The maximum atomic E-state index is 5.38. The van der Waals surface area contributed by atoms with E-state index in [-0.39, 0.29) is 0 Å². The lowest BCUT2D eigenvalue weighted by molar-refractivity contribution is -0.914. The van der Waals surface area contributed by atoms with Crippen molar-refractivity contribution in [1.29, 1.82) is 0 Å². The maximum absolute atomic E-state index is 5.38. The van der Waals surface area contributed by atoms with Crippen molar-refractivity contribution >= 4 is 0 Å². The van der Waals surface area contributed by atoms with Gasteiger partial charge in [-0.25, -0.2) is 0 Å². The zero-order chi connectivity index (χ0) is 10.4. The van der Waals surface area contributed by atoms with Crippen LogP contribution in [0, 0.1) is 12.3 Å². The fourth-order valence-electron chi connectivity index (χ4n) is 1.52. The number of rotatable bonds is 4. The Kier molecular flexibility index (Phi) is 3.73. The minimum absolute atomic E-state index is 0.797. The third kappa shape index (κ3) is 2.90. The molecular formula is C13H18N+. The Balaban J connectivity index is 2.71. The van der Waals surface area contributed by atoms with Crippen LogP contribution < -0.4 is 0 Å². The molecule has 0 bridgehead atoms. The van der Waals surface area contributed by atoms with Gasteiger partial charge < -0.3 is 4.48 Å². The average Bonchev–Trinajstić information content (AvgIpc) is 2.20. The highest BCUT2D eigenvalue weighted by molar-refractivity contribution is 5.13. The molecule has 1 aromatic carbocycles. The Labute approximate surface area is 87.0 Å². The van der Waals surface area contributed by atoms with Gasteiger partial charge in [-0.05, 0) is 12.8 Å². The number of terminal acetylenes is 1. The summed E-state index contributed by atoms with van der Waals surface area (Å²) in [6.45, 7) is 5.06. The number of hydrogen-bond acceptors (Lipinski definition) is 0. The van der Waals surface area contributed by atoms with Gasteiger partial charge in [0.25, 0.3) is 0 Å². The molecule has 0 fully saturated rings. The van der Waals surface area contributed by atoms with Gasteiger partial charge >= 0.3 is 0 Å². The van der Waals surface area contributed by atoms with Crippen molar-refractivity contribution < 1.29 is 4.48 Å². The quantitative estimate of drug-likeness (QED) is 0.502. The van der Waals surface area contributed by atoms with E-state index in [1.807, 2.05) is 6.07 Å². The van der Waals surface area contributed by atoms with E-state index in [1.165, 1.54) is 5.56 Å². The predicted octanol–water partition coefficient (Wildman–Crippen LogP) is 2.29. The Morgan fingerprint density at radius 3 is 2.43 bits per heavy atom. The summed E-state index contributed by atoms with van der Waals surface area (Å²) in [5.41, 5.74) is 1.35. The molecule has 0 spiro atoms. The fraction of sp³-hybridized carbons (Fsp3) is 0.385. The van der Waals surface area contributed by atoms with Crippen LogP contribution in [0.15, 0.2) is 30.3 Å². The predicted molar refractivity (Wildman–Crippen MR) is 60.6 cm³/mol. The minimum Gasteiger partial charge on any atom is -0.312 e. The van der Waals surface area contributed by atoms with Gasteiger partial charge in [0.05, 0.1) is 13.6 Å². The second-order valence-electron chi connectivity index (χ2n) is 3.94. The highest BCUT2D eigenvalue weighted by Crippen LogP contribution is 2.10. The summed E-state index contributed by atoms with van der Waals surface area (Å²) in [6.07, 6.45) is 5.38. The first-order valence-electron chi connectivity index (χ1n) is 5.01. The van der Waals surface area contributed by atoms with E-state index >= 15 is 0 Å². The Hall–Kier alpha value is -1.26. The second-order valence-corrected chi connectivity index (χ2v) is 3.94. The standard InChI is InChI=1S/C13H18N/c1-4-11-14(3,5-2)12-13-9-7-6-8-10-13/h1,6-10H,5,11-12H2,2-3H3/q+1. The van der Waals surface area contributed by atoms with Crippen LogP contribution in [0.25, 0.3) is 0 Å². The molecule has 1 nitrogen and oxygen atoms in total. The van der Waals surface area contributed by atoms with Crippen molar-refractivity contribution in [2.45, 2.75) is 13.5 Å². The topological polar surface area (TPSA) is 0 Å². The summed E-state index contributed by atoms with van der Waals surface area (Å²) >= 11 is 0. The molecule has 0 saturated heterocycles. The molecule has 14 heavy (non-hydrogen) atoms. The van der Waals surface area contributed by atoms with Crippen LogP contribution in [0.2, 0.25) is 0 Å². The number of nitrogens with zero attached hydrogens (tertiary/aromatic N) is 1. The van der Waals surface area contributed by atoms with Crippen LogP contribution in [-0.2, 0) is 6.54 Å². The van der Waals surface area contributed by atoms with Crippen molar-refractivity contribution in [1.82, 2.24) is 0 Å². The molecule has 0 amide bonds. The van der Waals surface area contributed by atoms with Crippen molar-refractivity contribution in [2.75, 3.05) is 20.1 Å². The molecule has 0 radical (unpaired) electrons. The van der Waals surface area contributed by atoms with E-state index < -0.39 is 0 Å². The first-order valence-corrected chi connectivity index (χ1v) is 5.01. The summed E-state index contributed by atoms with van der Waals surface area (Å²) in [6, 6.07) is 10.5. The van der Waals surface area contributed by atoms with Gasteiger partial charge in [0, 0.05) is 5.56 Å². The number of benzene rings is 1. The van der Waals surface area contributed by atoms with E-state index in [4.69, 9.17) is 6.42 Å². The number of quaternary nitrogens is 1. The van der Waals surface area contributed by atoms with E-state index in [0.29, 0.717) is 0 Å². The molecule has 0 aliphatic carbocycles. The summed E-state index contributed by atoms with van der Waals surface area (Å²) in [7, 11) is 2.20. The lowest BCUT2D eigenvalue weighted by atomic mass is 10.2. The fourth-order valence-corrected chi connectivity index (χ4v) is 1.52. The molecule has 1 unspecified atom stereocenters.